The van der Waals surface area contributed by atoms with Gasteiger partial charge in [-0.1, -0.05) is 0 Å². The fourth-order valence-electron chi connectivity index (χ4n) is 0.677. The minimum atomic E-state index is 0.440. The van der Waals surface area contributed by atoms with Crippen molar-refractivity contribution in [2.24, 2.45) is 0 Å². The highest BCUT2D eigenvalue weighted by molar-refractivity contribution is 7.99. The second-order valence-corrected chi connectivity index (χ2v) is 3.18. The first-order chi connectivity index (χ1) is 3.29. The van der Waals surface area contributed by atoms with Gasteiger partial charge in [0.15, 0.2) is 0 Å². The molecule has 1 aliphatic heterocycles. The molecule has 0 aromatic carbocycles. The van der Waals surface area contributed by atoms with E-state index in [0.29, 0.717) is 11.5 Å². The third-order valence-electron chi connectivity index (χ3n) is 0.990. The maximum atomic E-state index is 5.32. The molecule has 0 aromatic heterocycles. The van der Waals surface area contributed by atoms with Gasteiger partial charge in [-0.15, -0.1) is 11.8 Å². The summed E-state index contributed by atoms with van der Waals surface area (Å²) in [4.78, 5) is 0. The van der Waals surface area contributed by atoms with Crippen molar-refractivity contribution in [2.45, 2.75) is 25.4 Å². The van der Waals surface area contributed by atoms with Gasteiger partial charge in [0.1, 0.15) is 5.44 Å². The topological polar surface area (TPSA) is 9.23 Å². The third-order valence-corrected chi connectivity index (χ3v) is 2.23. The minimum absolute atomic E-state index is 0.440. The first kappa shape index (κ1) is 5.45. The molecule has 1 heterocycles. The first-order valence-electron chi connectivity index (χ1n) is 2.56. The Hall–Kier alpha value is 0.310. The smallest absolute Gasteiger partial charge is 0.100 e. The Morgan fingerprint density at radius 2 is 2.29 bits per heavy atom. The molecule has 1 nitrogen and oxygen atoms in total. The Bertz CT molecular complexity index is 57.1. The van der Waals surface area contributed by atoms with Crippen molar-refractivity contribution >= 4 is 11.8 Å². The summed E-state index contributed by atoms with van der Waals surface area (Å²) in [6, 6.07) is 0. The summed E-state index contributed by atoms with van der Waals surface area (Å²) in [5.41, 5.74) is 0.440. The number of rotatable bonds is 0. The van der Waals surface area contributed by atoms with E-state index in [0.717, 1.165) is 0 Å². The zero-order chi connectivity index (χ0) is 5.28. The van der Waals surface area contributed by atoms with E-state index in [4.69, 9.17) is 4.74 Å². The quantitative estimate of drug-likeness (QED) is 0.476. The summed E-state index contributed by atoms with van der Waals surface area (Å²) < 4.78 is 5.32. The molecule has 7 heavy (non-hydrogen) atoms. The highest BCUT2D eigenvalue weighted by Gasteiger charge is 2.16. The van der Waals surface area contributed by atoms with Gasteiger partial charge in [0.05, 0.1) is 6.10 Å². The molecular weight excluding hydrogens is 108 g/mol. The molecule has 0 N–H and O–H groups in total. The summed E-state index contributed by atoms with van der Waals surface area (Å²) in [5, 5.41) is 0. The van der Waals surface area contributed by atoms with Gasteiger partial charge in [0.25, 0.3) is 0 Å². The average Bonchev–Trinajstić information content (AvgIpc) is 1.87. The van der Waals surface area contributed by atoms with Crippen molar-refractivity contribution < 1.29 is 4.74 Å². The maximum Gasteiger partial charge on any atom is 0.100 e. The lowest BCUT2D eigenvalue weighted by Gasteiger charge is -1.99. The highest BCUT2D eigenvalue weighted by atomic mass is 32.2. The van der Waals surface area contributed by atoms with E-state index in [1.54, 1.807) is 0 Å². The van der Waals surface area contributed by atoms with Crippen molar-refractivity contribution in [1.82, 2.24) is 0 Å². The van der Waals surface area contributed by atoms with Crippen LogP contribution in [0, 0.1) is 0 Å². The first-order valence-corrected chi connectivity index (χ1v) is 3.61. The van der Waals surface area contributed by atoms with Crippen LogP contribution in [0.25, 0.3) is 0 Å². The molecule has 2 atom stereocenters. The van der Waals surface area contributed by atoms with Gasteiger partial charge in [-0.2, -0.15) is 0 Å². The lowest BCUT2D eigenvalue weighted by Crippen LogP contribution is -2.03. The summed E-state index contributed by atoms with van der Waals surface area (Å²) in [5.74, 6) is 1.17. The molecule has 1 saturated heterocycles. The van der Waals surface area contributed by atoms with Gasteiger partial charge in [-0.3, -0.25) is 0 Å². The molecule has 1 aliphatic rings. The van der Waals surface area contributed by atoms with Gasteiger partial charge in [0, 0.05) is 5.75 Å². The van der Waals surface area contributed by atoms with Gasteiger partial charge >= 0.3 is 0 Å². The van der Waals surface area contributed by atoms with Crippen LogP contribution in [0.1, 0.15) is 13.8 Å². The van der Waals surface area contributed by atoms with Crippen molar-refractivity contribution in [3.63, 3.8) is 0 Å². The van der Waals surface area contributed by atoms with E-state index in [2.05, 4.69) is 13.8 Å². The van der Waals surface area contributed by atoms with Crippen molar-refractivity contribution in [2.75, 3.05) is 5.75 Å². The van der Waals surface area contributed by atoms with E-state index < -0.39 is 0 Å². The van der Waals surface area contributed by atoms with Crippen molar-refractivity contribution in [1.29, 1.82) is 0 Å². The van der Waals surface area contributed by atoms with Crippen LogP contribution in [0.2, 0.25) is 0 Å². The van der Waals surface area contributed by atoms with E-state index in [1.807, 2.05) is 11.8 Å². The fourth-order valence-corrected chi connectivity index (χ4v) is 1.57. The van der Waals surface area contributed by atoms with E-state index in [9.17, 15) is 0 Å². The molecule has 0 spiro atoms. The molecule has 0 unspecified atom stereocenters. The van der Waals surface area contributed by atoms with Crippen LogP contribution in [0.3, 0.4) is 0 Å². The average molecular weight is 118 g/mol. The maximum absolute atomic E-state index is 5.32. The summed E-state index contributed by atoms with van der Waals surface area (Å²) in [6.45, 7) is 4.20. The molecule has 1 rings (SSSR count). The van der Waals surface area contributed by atoms with E-state index >= 15 is 0 Å². The molecule has 1 fully saturated rings. The highest BCUT2D eigenvalue weighted by Crippen LogP contribution is 2.23. The Kier molecular flexibility index (Phi) is 1.60. The van der Waals surface area contributed by atoms with Crippen molar-refractivity contribution in [3.8, 4) is 0 Å². The molecule has 0 aromatic rings. The monoisotopic (exact) mass is 118 g/mol. The largest absolute Gasteiger partial charge is 0.364 e. The molecule has 0 radical (unpaired) electrons. The zero-order valence-electron chi connectivity index (χ0n) is 4.68. The molecule has 0 aliphatic carbocycles. The predicted octanol–water partition coefficient (Wildman–Crippen LogP) is 1.48. The number of ether oxygens (including phenoxy) is 1. The SMILES string of the molecule is C[C@H]1CS[C@@H](C)O1. The van der Waals surface area contributed by atoms with Crippen LogP contribution in [0.4, 0.5) is 0 Å². The molecule has 2 heteroatoms. The Morgan fingerprint density at radius 3 is 2.43 bits per heavy atom. The number of thioether (sulfide) groups is 1. The molecule has 0 saturated carbocycles. The fraction of sp³-hybridized carbons (Fsp3) is 1.00. The van der Waals surface area contributed by atoms with Gasteiger partial charge in [-0.05, 0) is 13.8 Å². The number of hydrogen-bond acceptors (Lipinski definition) is 2. The summed E-state index contributed by atoms with van der Waals surface area (Å²) in [7, 11) is 0. The van der Waals surface area contributed by atoms with Crippen LogP contribution >= 0.6 is 11.8 Å². The van der Waals surface area contributed by atoms with Crippen LogP contribution < -0.4 is 0 Å². The van der Waals surface area contributed by atoms with Gasteiger partial charge < -0.3 is 4.74 Å². The lowest BCUT2D eigenvalue weighted by atomic mass is 10.5. The predicted molar refractivity (Wildman–Crippen MR) is 32.5 cm³/mol. The second kappa shape index (κ2) is 2.05. The summed E-state index contributed by atoms with van der Waals surface area (Å²) in [6.07, 6.45) is 0.486. The molecule has 0 amide bonds. The zero-order valence-corrected chi connectivity index (χ0v) is 5.49. The molecular formula is C5H10OS. The van der Waals surface area contributed by atoms with Crippen LogP contribution in [-0.4, -0.2) is 17.3 Å². The normalized spacial score (nSPS) is 42.0. The van der Waals surface area contributed by atoms with Crippen molar-refractivity contribution in [3.05, 3.63) is 0 Å². The standard InChI is InChI=1S/C5H10OS/c1-4-3-7-5(2)6-4/h4-5H,3H2,1-2H3/t4-,5-/m0/s1. The summed E-state index contributed by atoms with van der Waals surface area (Å²) >= 11 is 1.88. The van der Waals surface area contributed by atoms with Crippen LogP contribution in [0.15, 0.2) is 0 Å². The van der Waals surface area contributed by atoms with Crippen LogP contribution in [-0.2, 0) is 4.74 Å². The van der Waals surface area contributed by atoms with Gasteiger partial charge in [0.2, 0.25) is 0 Å². The van der Waals surface area contributed by atoms with Gasteiger partial charge in [-0.25, -0.2) is 0 Å². The Morgan fingerprint density at radius 1 is 1.57 bits per heavy atom. The van der Waals surface area contributed by atoms with Crippen LogP contribution in [0.5, 0.6) is 0 Å². The Labute approximate surface area is 48.4 Å². The van der Waals surface area contributed by atoms with E-state index in [-0.39, 0.29) is 0 Å². The number of hydrogen-bond donors (Lipinski definition) is 0. The second-order valence-electron chi connectivity index (χ2n) is 1.85. The Balaban J connectivity index is 2.26. The molecule has 42 valence electrons. The van der Waals surface area contributed by atoms with E-state index in [1.165, 1.54) is 5.75 Å². The molecule has 0 bridgehead atoms. The lowest BCUT2D eigenvalue weighted by molar-refractivity contribution is 0.0887. The third kappa shape index (κ3) is 1.35. The minimum Gasteiger partial charge on any atom is -0.364 e.